The Morgan fingerprint density at radius 2 is 2.42 bits per heavy atom. The van der Waals surface area contributed by atoms with Crippen LogP contribution in [0.25, 0.3) is 0 Å². The predicted molar refractivity (Wildman–Crippen MR) is 42.3 cm³/mol. The minimum atomic E-state index is -0.141. The third-order valence-corrected chi connectivity index (χ3v) is 2.11. The molecule has 5 nitrogen and oxygen atoms in total. The van der Waals surface area contributed by atoms with Crippen LogP contribution < -0.4 is 0 Å². The third kappa shape index (κ3) is 1.33. The molecule has 5 heteroatoms. The van der Waals surface area contributed by atoms with Crippen molar-refractivity contribution in [1.29, 1.82) is 0 Å². The Kier molecular flexibility index (Phi) is 1.82. The van der Waals surface area contributed by atoms with Gasteiger partial charge in [-0.25, -0.2) is 0 Å². The summed E-state index contributed by atoms with van der Waals surface area (Å²) in [7, 11) is 1.92. The number of rotatable bonds is 2. The number of likely N-dealkylation sites (tertiary alicyclic amines) is 1. The highest BCUT2D eigenvalue weighted by Gasteiger charge is 2.25. The Balaban J connectivity index is 1.92. The standard InChI is InChI=1S/C7H12N4O/c1-10-5-8-9-7(10)4-11-2-6(12)3-11/h5-6,12H,2-4H2,1H3. The molecule has 0 amide bonds. The Bertz CT molecular complexity index is 266. The second-order valence-electron chi connectivity index (χ2n) is 3.21. The molecule has 1 saturated heterocycles. The zero-order valence-electron chi connectivity index (χ0n) is 7.01. The Morgan fingerprint density at radius 1 is 1.67 bits per heavy atom. The number of aliphatic hydroxyl groups is 1. The van der Waals surface area contributed by atoms with E-state index in [9.17, 15) is 0 Å². The highest BCUT2D eigenvalue weighted by atomic mass is 16.3. The lowest BCUT2D eigenvalue weighted by Crippen LogP contribution is -2.50. The fourth-order valence-corrected chi connectivity index (χ4v) is 1.32. The fraction of sp³-hybridized carbons (Fsp3) is 0.714. The first-order valence-corrected chi connectivity index (χ1v) is 3.99. The first-order valence-electron chi connectivity index (χ1n) is 3.99. The van der Waals surface area contributed by atoms with Crippen molar-refractivity contribution in [3.8, 4) is 0 Å². The fourth-order valence-electron chi connectivity index (χ4n) is 1.32. The average Bonchev–Trinajstić information content (AvgIpc) is 2.33. The Labute approximate surface area is 70.6 Å². The van der Waals surface area contributed by atoms with E-state index in [2.05, 4.69) is 15.1 Å². The van der Waals surface area contributed by atoms with E-state index in [0.29, 0.717) is 0 Å². The van der Waals surface area contributed by atoms with E-state index in [4.69, 9.17) is 5.11 Å². The van der Waals surface area contributed by atoms with Crippen molar-refractivity contribution >= 4 is 0 Å². The molecule has 0 unspecified atom stereocenters. The van der Waals surface area contributed by atoms with Gasteiger partial charge in [-0.15, -0.1) is 10.2 Å². The van der Waals surface area contributed by atoms with E-state index in [1.54, 1.807) is 6.33 Å². The summed E-state index contributed by atoms with van der Waals surface area (Å²) in [5, 5.41) is 16.8. The molecule has 0 bridgehead atoms. The first kappa shape index (κ1) is 7.70. The highest BCUT2D eigenvalue weighted by Crippen LogP contribution is 2.10. The maximum absolute atomic E-state index is 9.03. The SMILES string of the molecule is Cn1cnnc1CN1CC(O)C1. The van der Waals surface area contributed by atoms with Gasteiger partial charge in [-0.3, -0.25) is 4.90 Å². The van der Waals surface area contributed by atoms with Crippen molar-refractivity contribution in [2.75, 3.05) is 13.1 Å². The largest absolute Gasteiger partial charge is 0.390 e. The van der Waals surface area contributed by atoms with Gasteiger partial charge >= 0.3 is 0 Å². The van der Waals surface area contributed by atoms with E-state index in [1.165, 1.54) is 0 Å². The number of β-amino-alcohol motifs (C(OH)–C–C–N with tert-alkyl or cyclic N) is 1. The van der Waals surface area contributed by atoms with E-state index >= 15 is 0 Å². The van der Waals surface area contributed by atoms with Crippen LogP contribution in [0.3, 0.4) is 0 Å². The molecule has 2 heterocycles. The van der Waals surface area contributed by atoms with Gasteiger partial charge in [0.2, 0.25) is 0 Å². The van der Waals surface area contributed by atoms with Gasteiger partial charge in [0.05, 0.1) is 12.6 Å². The second-order valence-corrected chi connectivity index (χ2v) is 3.21. The molecule has 2 rings (SSSR count). The van der Waals surface area contributed by atoms with Crippen molar-refractivity contribution in [3.63, 3.8) is 0 Å². The molecule has 1 aliphatic rings. The maximum atomic E-state index is 9.03. The number of aromatic nitrogens is 3. The third-order valence-electron chi connectivity index (χ3n) is 2.11. The molecule has 1 aromatic heterocycles. The van der Waals surface area contributed by atoms with Crippen LogP contribution in [0, 0.1) is 0 Å². The first-order chi connectivity index (χ1) is 5.75. The van der Waals surface area contributed by atoms with Gasteiger partial charge in [0.1, 0.15) is 12.2 Å². The topological polar surface area (TPSA) is 54.2 Å². The van der Waals surface area contributed by atoms with Gasteiger partial charge in [-0.05, 0) is 0 Å². The average molecular weight is 168 g/mol. The molecular formula is C7H12N4O. The van der Waals surface area contributed by atoms with Crippen molar-refractivity contribution in [1.82, 2.24) is 19.7 Å². The van der Waals surface area contributed by atoms with Crippen LogP contribution in [-0.2, 0) is 13.6 Å². The van der Waals surface area contributed by atoms with Crippen LogP contribution in [0.15, 0.2) is 6.33 Å². The van der Waals surface area contributed by atoms with Gasteiger partial charge in [0.15, 0.2) is 0 Å². The number of aliphatic hydroxyl groups excluding tert-OH is 1. The van der Waals surface area contributed by atoms with E-state index in [0.717, 1.165) is 25.5 Å². The van der Waals surface area contributed by atoms with Crippen LogP contribution in [0.4, 0.5) is 0 Å². The molecule has 1 aliphatic heterocycles. The van der Waals surface area contributed by atoms with Crippen molar-refractivity contribution < 1.29 is 5.11 Å². The van der Waals surface area contributed by atoms with Crippen molar-refractivity contribution in [3.05, 3.63) is 12.2 Å². The molecule has 1 fully saturated rings. The van der Waals surface area contributed by atoms with Crippen molar-refractivity contribution in [2.24, 2.45) is 7.05 Å². The molecule has 12 heavy (non-hydrogen) atoms. The van der Waals surface area contributed by atoms with E-state index < -0.39 is 0 Å². The Morgan fingerprint density at radius 3 is 2.92 bits per heavy atom. The van der Waals surface area contributed by atoms with Crippen LogP contribution >= 0.6 is 0 Å². The molecule has 1 N–H and O–H groups in total. The molecular weight excluding hydrogens is 156 g/mol. The van der Waals surface area contributed by atoms with Gasteiger partial charge in [0.25, 0.3) is 0 Å². The lowest BCUT2D eigenvalue weighted by atomic mass is 10.2. The zero-order chi connectivity index (χ0) is 8.55. The molecule has 0 saturated carbocycles. The monoisotopic (exact) mass is 168 g/mol. The van der Waals surface area contributed by atoms with Gasteiger partial charge in [-0.2, -0.15) is 0 Å². The lowest BCUT2D eigenvalue weighted by Gasteiger charge is -2.35. The second kappa shape index (κ2) is 2.84. The molecule has 0 aromatic carbocycles. The normalized spacial score (nSPS) is 19.5. The quantitative estimate of drug-likeness (QED) is 0.615. The summed E-state index contributed by atoms with van der Waals surface area (Å²) in [6.07, 6.45) is 1.55. The highest BCUT2D eigenvalue weighted by molar-refractivity contribution is 4.88. The van der Waals surface area contributed by atoms with Crippen LogP contribution in [0.1, 0.15) is 5.82 Å². The molecule has 66 valence electrons. The number of aryl methyl sites for hydroxylation is 1. The van der Waals surface area contributed by atoms with E-state index in [1.807, 2.05) is 11.6 Å². The molecule has 1 aromatic rings. The maximum Gasteiger partial charge on any atom is 0.146 e. The van der Waals surface area contributed by atoms with Gasteiger partial charge in [-0.1, -0.05) is 0 Å². The predicted octanol–water partition coefficient (Wildman–Crippen LogP) is -1.01. The molecule has 0 radical (unpaired) electrons. The summed E-state index contributed by atoms with van der Waals surface area (Å²) >= 11 is 0. The van der Waals surface area contributed by atoms with E-state index in [-0.39, 0.29) is 6.10 Å². The number of hydrogen-bond acceptors (Lipinski definition) is 4. The lowest BCUT2D eigenvalue weighted by molar-refractivity contribution is -0.00476. The molecule has 0 atom stereocenters. The summed E-state index contributed by atoms with van der Waals surface area (Å²) in [5.74, 6) is 0.946. The molecule has 0 aliphatic carbocycles. The van der Waals surface area contributed by atoms with Crippen LogP contribution in [-0.4, -0.2) is 44.0 Å². The smallest absolute Gasteiger partial charge is 0.146 e. The van der Waals surface area contributed by atoms with Crippen LogP contribution in [0.2, 0.25) is 0 Å². The number of nitrogens with zero attached hydrogens (tertiary/aromatic N) is 4. The summed E-state index contributed by atoms with van der Waals surface area (Å²) in [6, 6.07) is 0. The minimum Gasteiger partial charge on any atom is -0.390 e. The summed E-state index contributed by atoms with van der Waals surface area (Å²) < 4.78 is 1.89. The van der Waals surface area contributed by atoms with Gasteiger partial charge in [0, 0.05) is 20.1 Å². The summed E-state index contributed by atoms with van der Waals surface area (Å²) in [5.41, 5.74) is 0. The Hall–Kier alpha value is -0.940. The van der Waals surface area contributed by atoms with Gasteiger partial charge < -0.3 is 9.67 Å². The summed E-state index contributed by atoms with van der Waals surface area (Å²) in [4.78, 5) is 2.13. The summed E-state index contributed by atoms with van der Waals surface area (Å²) in [6.45, 7) is 2.30. The van der Waals surface area contributed by atoms with Crippen molar-refractivity contribution in [2.45, 2.75) is 12.6 Å². The van der Waals surface area contributed by atoms with Crippen LogP contribution in [0.5, 0.6) is 0 Å². The minimum absolute atomic E-state index is 0.141. The zero-order valence-corrected chi connectivity index (χ0v) is 7.01. The number of hydrogen-bond donors (Lipinski definition) is 1. The molecule has 0 spiro atoms.